The summed E-state index contributed by atoms with van der Waals surface area (Å²) in [5.74, 6) is 0.0883. The summed E-state index contributed by atoms with van der Waals surface area (Å²) < 4.78 is 7.08. The molecule has 0 fully saturated rings. The van der Waals surface area contributed by atoms with Crippen LogP contribution in [0.5, 0.6) is 5.75 Å². The van der Waals surface area contributed by atoms with Crippen LogP contribution < -0.4 is 10.1 Å². The maximum atomic E-state index is 12.0. The second-order valence-corrected chi connectivity index (χ2v) is 4.48. The van der Waals surface area contributed by atoms with Crippen LogP contribution in [0.25, 0.3) is 5.69 Å². The van der Waals surface area contributed by atoms with E-state index in [1.54, 1.807) is 12.1 Å². The molecule has 1 aromatic heterocycles. The first-order valence-electron chi connectivity index (χ1n) is 6.07. The molecule has 2 N–H and O–H groups in total. The molecule has 0 aliphatic heterocycles. The molecule has 5 nitrogen and oxygen atoms in total. The summed E-state index contributed by atoms with van der Waals surface area (Å²) in [5, 5.41) is 11.7. The van der Waals surface area contributed by atoms with Crippen molar-refractivity contribution in [2.24, 2.45) is 0 Å². The van der Waals surface area contributed by atoms with Gasteiger partial charge in [0, 0.05) is 25.0 Å². The summed E-state index contributed by atoms with van der Waals surface area (Å²) in [6.45, 7) is 0.0577. The zero-order chi connectivity index (χ0) is 14.5. The summed E-state index contributed by atoms with van der Waals surface area (Å²) in [6.07, 6.45) is 3.71. The van der Waals surface area contributed by atoms with Gasteiger partial charge in [-0.25, -0.2) is 0 Å². The van der Waals surface area contributed by atoms with Crippen LogP contribution in [0, 0.1) is 0 Å². The Labute approximate surface area is 121 Å². The quantitative estimate of drug-likeness (QED) is 0.885. The number of carbonyl (C=O) groups is 1. The molecule has 2 aromatic rings. The largest absolute Gasteiger partial charge is 0.496 e. The molecule has 0 atom stereocenters. The topological polar surface area (TPSA) is 63.5 Å². The van der Waals surface area contributed by atoms with Crippen molar-refractivity contribution in [1.29, 1.82) is 0 Å². The highest BCUT2D eigenvalue weighted by Crippen LogP contribution is 2.29. The number of nitrogens with one attached hydrogen (secondary N) is 1. The van der Waals surface area contributed by atoms with E-state index in [0.29, 0.717) is 16.3 Å². The lowest BCUT2D eigenvalue weighted by molar-refractivity contribution is 0.0942. The highest BCUT2D eigenvalue weighted by Gasteiger charge is 2.16. The van der Waals surface area contributed by atoms with E-state index in [2.05, 4.69) is 5.32 Å². The molecule has 0 bridgehead atoms. The van der Waals surface area contributed by atoms with Crippen molar-refractivity contribution in [2.45, 2.75) is 0 Å². The summed E-state index contributed by atoms with van der Waals surface area (Å²) in [5.41, 5.74) is 1.06. The van der Waals surface area contributed by atoms with Crippen molar-refractivity contribution in [1.82, 2.24) is 9.88 Å². The maximum Gasteiger partial charge on any atom is 0.255 e. The zero-order valence-electron chi connectivity index (χ0n) is 11.0. The molecule has 0 aliphatic carbocycles. The van der Waals surface area contributed by atoms with Crippen LogP contribution in [0.4, 0.5) is 0 Å². The Hall–Kier alpha value is -1.98. The van der Waals surface area contributed by atoms with E-state index in [1.807, 2.05) is 29.1 Å². The normalized spacial score (nSPS) is 10.3. The Morgan fingerprint density at radius 3 is 2.70 bits per heavy atom. The minimum absolute atomic E-state index is 0.122. The number of amides is 1. The molecule has 0 saturated heterocycles. The Balaban J connectivity index is 2.40. The van der Waals surface area contributed by atoms with Gasteiger partial charge in [-0.15, -0.1) is 0 Å². The number of aromatic nitrogens is 1. The lowest BCUT2D eigenvalue weighted by Crippen LogP contribution is -2.26. The van der Waals surface area contributed by atoms with Crippen molar-refractivity contribution in [3.05, 3.63) is 47.2 Å². The van der Waals surface area contributed by atoms with Gasteiger partial charge < -0.3 is 19.7 Å². The average molecular weight is 295 g/mol. The molecule has 2 rings (SSSR count). The lowest BCUT2D eigenvalue weighted by atomic mass is 10.1. The Morgan fingerprint density at radius 1 is 1.40 bits per heavy atom. The number of halogens is 1. The van der Waals surface area contributed by atoms with Crippen molar-refractivity contribution >= 4 is 17.5 Å². The fourth-order valence-electron chi connectivity index (χ4n) is 1.85. The Kier molecular flexibility index (Phi) is 4.65. The fraction of sp³-hybridized carbons (Fsp3) is 0.214. The van der Waals surface area contributed by atoms with Crippen LogP contribution in [0.2, 0.25) is 5.02 Å². The third-order valence-corrected chi connectivity index (χ3v) is 3.10. The number of aliphatic hydroxyl groups excluding tert-OH is 1. The van der Waals surface area contributed by atoms with E-state index >= 15 is 0 Å². The van der Waals surface area contributed by atoms with Crippen LogP contribution in [-0.4, -0.2) is 35.8 Å². The first-order chi connectivity index (χ1) is 9.67. The lowest BCUT2D eigenvalue weighted by Gasteiger charge is -2.13. The van der Waals surface area contributed by atoms with Gasteiger partial charge in [0.1, 0.15) is 5.75 Å². The molecule has 0 saturated carbocycles. The predicted molar refractivity (Wildman–Crippen MR) is 76.8 cm³/mol. The molecular weight excluding hydrogens is 280 g/mol. The van der Waals surface area contributed by atoms with Gasteiger partial charge in [-0.05, 0) is 18.2 Å². The first-order valence-corrected chi connectivity index (χ1v) is 6.45. The number of aliphatic hydroxyl groups is 1. The number of hydrogen-bond acceptors (Lipinski definition) is 3. The number of hydrogen-bond donors (Lipinski definition) is 2. The van der Waals surface area contributed by atoms with E-state index in [9.17, 15) is 4.79 Å². The van der Waals surface area contributed by atoms with Gasteiger partial charge in [-0.3, -0.25) is 4.79 Å². The number of rotatable bonds is 5. The fourth-order valence-corrected chi connectivity index (χ4v) is 2.11. The summed E-state index contributed by atoms with van der Waals surface area (Å²) in [6, 6.07) is 7.02. The van der Waals surface area contributed by atoms with Crippen LogP contribution in [-0.2, 0) is 0 Å². The van der Waals surface area contributed by atoms with Gasteiger partial charge in [-0.2, -0.15) is 0 Å². The van der Waals surface area contributed by atoms with E-state index in [4.69, 9.17) is 21.4 Å². The van der Waals surface area contributed by atoms with Gasteiger partial charge in [0.25, 0.3) is 5.91 Å². The van der Waals surface area contributed by atoms with Crippen molar-refractivity contribution < 1.29 is 14.6 Å². The minimum atomic E-state index is -0.336. The van der Waals surface area contributed by atoms with Crippen molar-refractivity contribution in [3.8, 4) is 11.4 Å². The number of benzene rings is 1. The molecule has 106 valence electrons. The van der Waals surface area contributed by atoms with Crippen molar-refractivity contribution in [3.63, 3.8) is 0 Å². The minimum Gasteiger partial charge on any atom is -0.496 e. The molecule has 20 heavy (non-hydrogen) atoms. The standard InChI is InChI=1S/C14H15ClN2O3/c1-20-13-9-12(17-5-2-3-6-17)11(15)8-10(13)14(19)16-4-7-18/h2-3,5-6,8-9,18H,4,7H2,1H3,(H,16,19). The third-order valence-electron chi connectivity index (χ3n) is 2.79. The Morgan fingerprint density at radius 2 is 2.10 bits per heavy atom. The maximum absolute atomic E-state index is 12.0. The van der Waals surface area contributed by atoms with Gasteiger partial charge in [-0.1, -0.05) is 11.6 Å². The smallest absolute Gasteiger partial charge is 0.255 e. The number of ether oxygens (including phenoxy) is 1. The molecule has 0 aliphatic rings. The van der Waals surface area contributed by atoms with Gasteiger partial charge in [0.15, 0.2) is 0 Å². The van der Waals surface area contributed by atoms with Crippen LogP contribution in [0.3, 0.4) is 0 Å². The third kappa shape index (κ3) is 2.95. The van der Waals surface area contributed by atoms with E-state index in [1.165, 1.54) is 7.11 Å². The monoisotopic (exact) mass is 294 g/mol. The molecule has 0 spiro atoms. The highest BCUT2D eigenvalue weighted by molar-refractivity contribution is 6.33. The van der Waals surface area contributed by atoms with Gasteiger partial charge in [0.05, 0.1) is 30.0 Å². The van der Waals surface area contributed by atoms with E-state index in [-0.39, 0.29) is 19.1 Å². The average Bonchev–Trinajstić information content (AvgIpc) is 2.98. The molecule has 6 heteroatoms. The summed E-state index contributed by atoms with van der Waals surface area (Å²) in [4.78, 5) is 12.0. The second-order valence-electron chi connectivity index (χ2n) is 4.07. The second kappa shape index (κ2) is 6.45. The van der Waals surface area contributed by atoms with Crippen LogP contribution >= 0.6 is 11.6 Å². The van der Waals surface area contributed by atoms with Gasteiger partial charge >= 0.3 is 0 Å². The molecule has 1 amide bonds. The summed E-state index contributed by atoms with van der Waals surface area (Å²) in [7, 11) is 1.49. The number of carbonyl (C=O) groups excluding carboxylic acids is 1. The molecular formula is C14H15ClN2O3. The predicted octanol–water partition coefficient (Wildman–Crippen LogP) is 1.86. The van der Waals surface area contributed by atoms with E-state index < -0.39 is 0 Å². The number of nitrogens with zero attached hydrogens (tertiary/aromatic N) is 1. The molecule has 1 heterocycles. The molecule has 0 radical (unpaired) electrons. The van der Waals surface area contributed by atoms with Gasteiger partial charge in [0.2, 0.25) is 0 Å². The van der Waals surface area contributed by atoms with Crippen LogP contribution in [0.15, 0.2) is 36.7 Å². The summed E-state index contributed by atoms with van der Waals surface area (Å²) >= 11 is 6.22. The SMILES string of the molecule is COc1cc(-n2cccc2)c(Cl)cc1C(=O)NCCO. The Bertz CT molecular complexity index is 597. The number of methoxy groups -OCH3 is 1. The molecule has 1 aromatic carbocycles. The zero-order valence-corrected chi connectivity index (χ0v) is 11.7. The first kappa shape index (κ1) is 14.4. The molecule has 0 unspecified atom stereocenters. The van der Waals surface area contributed by atoms with Crippen molar-refractivity contribution in [2.75, 3.05) is 20.3 Å². The van der Waals surface area contributed by atoms with E-state index in [0.717, 1.165) is 5.69 Å². The highest BCUT2D eigenvalue weighted by atomic mass is 35.5. The van der Waals surface area contributed by atoms with Crippen LogP contribution in [0.1, 0.15) is 10.4 Å².